The number of fused-ring (bicyclic) bond motifs is 2. The van der Waals surface area contributed by atoms with Crippen molar-refractivity contribution in [1.29, 1.82) is 0 Å². The molecule has 0 saturated carbocycles. The molecule has 1 aromatic heterocycles. The van der Waals surface area contributed by atoms with Crippen LogP contribution in [0, 0.1) is 6.92 Å². The molecular weight excluding hydrogens is 254 g/mol. The summed E-state index contributed by atoms with van der Waals surface area (Å²) in [5, 5.41) is 12.2. The van der Waals surface area contributed by atoms with Crippen LogP contribution in [0.25, 0.3) is 11.4 Å². The van der Waals surface area contributed by atoms with Crippen LogP contribution in [-0.2, 0) is 4.74 Å². The minimum atomic E-state index is 0.235. The maximum Gasteiger partial charge on any atom is 0.184 e. The van der Waals surface area contributed by atoms with Crippen LogP contribution in [0.15, 0.2) is 18.2 Å². The molecule has 2 aliphatic rings. The highest BCUT2D eigenvalue weighted by Gasteiger charge is 2.43. The van der Waals surface area contributed by atoms with Crippen molar-refractivity contribution in [1.82, 2.24) is 20.2 Å². The molecule has 6 heteroatoms. The largest absolute Gasteiger partial charge is 0.398 e. The Morgan fingerprint density at radius 2 is 2.25 bits per heavy atom. The van der Waals surface area contributed by atoms with Crippen molar-refractivity contribution in [2.75, 3.05) is 5.73 Å². The van der Waals surface area contributed by atoms with Gasteiger partial charge in [-0.15, -0.1) is 5.10 Å². The predicted molar refractivity (Wildman–Crippen MR) is 74.0 cm³/mol. The summed E-state index contributed by atoms with van der Waals surface area (Å²) in [5.74, 6) is 0.743. The second-order valence-corrected chi connectivity index (χ2v) is 5.71. The van der Waals surface area contributed by atoms with Crippen molar-refractivity contribution in [3.63, 3.8) is 0 Å². The van der Waals surface area contributed by atoms with Gasteiger partial charge in [-0.25, -0.2) is 4.68 Å². The summed E-state index contributed by atoms with van der Waals surface area (Å²) in [6.07, 6.45) is 3.86. The van der Waals surface area contributed by atoms with E-state index in [0.29, 0.717) is 11.8 Å². The van der Waals surface area contributed by atoms with E-state index in [2.05, 4.69) is 15.5 Å². The summed E-state index contributed by atoms with van der Waals surface area (Å²) in [4.78, 5) is 0. The van der Waals surface area contributed by atoms with Gasteiger partial charge in [0.15, 0.2) is 5.82 Å². The van der Waals surface area contributed by atoms with E-state index >= 15 is 0 Å². The third-order valence-corrected chi connectivity index (χ3v) is 4.33. The van der Waals surface area contributed by atoms with Crippen LogP contribution in [-0.4, -0.2) is 32.4 Å². The number of nitrogen functional groups attached to an aromatic ring is 1. The Balaban J connectivity index is 1.77. The number of hydrogen-bond acceptors (Lipinski definition) is 5. The second kappa shape index (κ2) is 4.28. The Hall–Kier alpha value is -1.95. The molecule has 3 heterocycles. The molecule has 0 radical (unpaired) electrons. The van der Waals surface area contributed by atoms with Crippen LogP contribution < -0.4 is 5.73 Å². The Kier molecular flexibility index (Phi) is 2.53. The van der Waals surface area contributed by atoms with Gasteiger partial charge in [0.1, 0.15) is 0 Å². The lowest BCUT2D eigenvalue weighted by Gasteiger charge is -2.20. The van der Waals surface area contributed by atoms with Crippen LogP contribution in [0.4, 0.5) is 5.69 Å². The Labute approximate surface area is 116 Å². The fourth-order valence-corrected chi connectivity index (χ4v) is 3.33. The number of ether oxygens (including phenoxy) is 1. The van der Waals surface area contributed by atoms with Crippen molar-refractivity contribution in [2.45, 2.75) is 44.4 Å². The van der Waals surface area contributed by atoms with E-state index in [-0.39, 0.29) is 12.1 Å². The average Bonchev–Trinajstić information content (AvgIpc) is 3.15. The third-order valence-electron chi connectivity index (χ3n) is 4.33. The van der Waals surface area contributed by atoms with Crippen molar-refractivity contribution in [3.8, 4) is 11.4 Å². The quantitative estimate of drug-likeness (QED) is 0.841. The highest BCUT2D eigenvalue weighted by atomic mass is 16.5. The van der Waals surface area contributed by atoms with Crippen LogP contribution in [0.1, 0.15) is 30.9 Å². The Bertz CT molecular complexity index is 653. The van der Waals surface area contributed by atoms with Gasteiger partial charge in [0.25, 0.3) is 0 Å². The van der Waals surface area contributed by atoms with Gasteiger partial charge in [-0.2, -0.15) is 0 Å². The summed E-state index contributed by atoms with van der Waals surface area (Å²) in [6.45, 7) is 2.04. The minimum absolute atomic E-state index is 0.235. The molecule has 6 nitrogen and oxygen atoms in total. The number of rotatable bonds is 2. The summed E-state index contributed by atoms with van der Waals surface area (Å²) in [5.41, 5.74) is 8.84. The summed E-state index contributed by atoms with van der Waals surface area (Å²) in [7, 11) is 0. The maximum atomic E-state index is 6.08. The van der Waals surface area contributed by atoms with Gasteiger partial charge in [0.2, 0.25) is 0 Å². The van der Waals surface area contributed by atoms with Gasteiger partial charge in [-0.05, 0) is 48.7 Å². The molecule has 20 heavy (non-hydrogen) atoms. The maximum absolute atomic E-state index is 6.08. The predicted octanol–water partition coefficient (Wildman–Crippen LogP) is 1.72. The molecular formula is C14H17N5O. The van der Waals surface area contributed by atoms with E-state index in [4.69, 9.17) is 10.5 Å². The lowest BCUT2D eigenvalue weighted by atomic mass is 9.95. The zero-order chi connectivity index (χ0) is 13.7. The second-order valence-electron chi connectivity index (χ2n) is 5.71. The van der Waals surface area contributed by atoms with Gasteiger partial charge < -0.3 is 10.5 Å². The van der Waals surface area contributed by atoms with Crippen molar-refractivity contribution >= 4 is 5.69 Å². The van der Waals surface area contributed by atoms with E-state index < -0.39 is 0 Å². The number of nitrogens with two attached hydrogens (primary N) is 1. The molecule has 2 bridgehead atoms. The van der Waals surface area contributed by atoms with E-state index in [0.717, 1.165) is 36.2 Å². The number of tetrazole rings is 1. The fraction of sp³-hybridized carbons (Fsp3) is 0.500. The molecule has 1 aromatic carbocycles. The SMILES string of the molecule is Cc1ccc(N)c(-c2nnnn2C2CC3CCC2O3)c1. The van der Waals surface area contributed by atoms with E-state index in [1.54, 1.807) is 0 Å². The van der Waals surface area contributed by atoms with Gasteiger partial charge in [-0.3, -0.25) is 0 Å². The molecule has 0 amide bonds. The van der Waals surface area contributed by atoms with Gasteiger partial charge in [0, 0.05) is 11.3 Å². The van der Waals surface area contributed by atoms with Crippen molar-refractivity contribution in [3.05, 3.63) is 23.8 Å². The standard InChI is InChI=1S/C14H17N5O/c1-8-2-4-11(15)10(6-8)14-16-17-18-19(14)12-7-9-3-5-13(12)20-9/h2,4,6,9,12-13H,3,5,7,15H2,1H3. The monoisotopic (exact) mass is 271 g/mol. The highest BCUT2D eigenvalue weighted by Crippen LogP contribution is 2.42. The smallest absolute Gasteiger partial charge is 0.184 e. The number of anilines is 1. The molecule has 3 atom stereocenters. The topological polar surface area (TPSA) is 78.9 Å². The normalized spacial score (nSPS) is 28.1. The first-order chi connectivity index (χ1) is 9.72. The first-order valence-corrected chi connectivity index (χ1v) is 7.02. The molecule has 0 aliphatic carbocycles. The molecule has 3 unspecified atom stereocenters. The number of aromatic nitrogens is 4. The zero-order valence-electron chi connectivity index (χ0n) is 11.4. The van der Waals surface area contributed by atoms with Crippen LogP contribution >= 0.6 is 0 Å². The number of benzene rings is 1. The molecule has 2 aromatic rings. The van der Waals surface area contributed by atoms with Crippen molar-refractivity contribution < 1.29 is 4.74 Å². The molecule has 104 valence electrons. The fourth-order valence-electron chi connectivity index (χ4n) is 3.33. The molecule has 2 aliphatic heterocycles. The van der Waals surface area contributed by atoms with Crippen LogP contribution in [0.5, 0.6) is 0 Å². The highest BCUT2D eigenvalue weighted by molar-refractivity contribution is 5.72. The molecule has 0 spiro atoms. The number of hydrogen-bond donors (Lipinski definition) is 1. The van der Waals surface area contributed by atoms with Crippen molar-refractivity contribution in [2.24, 2.45) is 0 Å². The molecule has 4 rings (SSSR count). The molecule has 2 saturated heterocycles. The van der Waals surface area contributed by atoms with E-state index in [1.165, 1.54) is 0 Å². The molecule has 2 fully saturated rings. The lowest BCUT2D eigenvalue weighted by molar-refractivity contribution is 0.0922. The lowest BCUT2D eigenvalue weighted by Crippen LogP contribution is -2.23. The minimum Gasteiger partial charge on any atom is -0.398 e. The van der Waals surface area contributed by atoms with Gasteiger partial charge in [-0.1, -0.05) is 11.6 Å². The summed E-state index contributed by atoms with van der Waals surface area (Å²) < 4.78 is 7.80. The van der Waals surface area contributed by atoms with Gasteiger partial charge in [0.05, 0.1) is 18.2 Å². The number of aryl methyl sites for hydroxylation is 1. The van der Waals surface area contributed by atoms with Crippen LogP contribution in [0.2, 0.25) is 0 Å². The first-order valence-electron chi connectivity index (χ1n) is 7.02. The molecule has 2 N–H and O–H groups in total. The van der Waals surface area contributed by atoms with E-state index in [9.17, 15) is 0 Å². The average molecular weight is 271 g/mol. The summed E-state index contributed by atoms with van der Waals surface area (Å²) in [6, 6.07) is 6.17. The number of nitrogens with zero attached hydrogens (tertiary/aromatic N) is 4. The third kappa shape index (κ3) is 1.71. The van der Waals surface area contributed by atoms with Crippen LogP contribution in [0.3, 0.4) is 0 Å². The Morgan fingerprint density at radius 3 is 3.00 bits per heavy atom. The first kappa shape index (κ1) is 11.8. The zero-order valence-corrected chi connectivity index (χ0v) is 11.4. The van der Waals surface area contributed by atoms with Gasteiger partial charge >= 0.3 is 0 Å². The van der Waals surface area contributed by atoms with E-state index in [1.807, 2.05) is 29.8 Å². The summed E-state index contributed by atoms with van der Waals surface area (Å²) >= 11 is 0. The Morgan fingerprint density at radius 1 is 1.35 bits per heavy atom.